The van der Waals surface area contributed by atoms with Crippen molar-refractivity contribution >= 4 is 17.8 Å². The average Bonchev–Trinajstić information content (AvgIpc) is 3.08. The maximum atomic E-state index is 13.2. The fourth-order valence-corrected chi connectivity index (χ4v) is 3.81. The molecule has 1 saturated carbocycles. The molecule has 142 valence electrons. The van der Waals surface area contributed by atoms with Crippen LogP contribution in [0.15, 0.2) is 0 Å². The van der Waals surface area contributed by atoms with Gasteiger partial charge >= 0.3 is 6.03 Å². The molecule has 2 aliphatic rings. The molecule has 1 unspecified atom stereocenters. The number of amides is 4. The molecule has 0 bridgehead atoms. The van der Waals surface area contributed by atoms with Crippen LogP contribution in [0.5, 0.6) is 0 Å². The van der Waals surface area contributed by atoms with E-state index in [-0.39, 0.29) is 23.8 Å². The second-order valence-corrected chi connectivity index (χ2v) is 6.94. The summed E-state index contributed by atoms with van der Waals surface area (Å²) in [4.78, 5) is 39.2. The van der Waals surface area contributed by atoms with Crippen LogP contribution in [-0.4, -0.2) is 61.0 Å². The minimum Gasteiger partial charge on any atom is -0.355 e. The van der Waals surface area contributed by atoms with Crippen LogP contribution >= 0.6 is 0 Å². The van der Waals surface area contributed by atoms with Crippen molar-refractivity contribution in [3.63, 3.8) is 0 Å². The molecule has 1 atom stereocenters. The third-order valence-corrected chi connectivity index (χ3v) is 5.08. The van der Waals surface area contributed by atoms with Gasteiger partial charge in [-0.1, -0.05) is 12.8 Å². The van der Waals surface area contributed by atoms with Crippen LogP contribution in [0, 0.1) is 5.92 Å². The molecule has 5 N–H and O–H groups in total. The Bertz CT molecular complexity index is 491. The number of hydrogen-bond donors (Lipinski definition) is 4. The number of nitrogens with zero attached hydrogens (tertiary/aromatic N) is 1. The monoisotopic (exact) mass is 353 g/mol. The SMILES string of the molecule is CCNC(=O)NC1(C(=O)N2CCCC(C(=O)NCCN)C2)CCCC1. The summed E-state index contributed by atoms with van der Waals surface area (Å²) >= 11 is 0. The molecule has 8 heteroatoms. The number of hydrogen-bond acceptors (Lipinski definition) is 4. The molecule has 0 spiro atoms. The van der Waals surface area contributed by atoms with E-state index in [1.807, 2.05) is 6.92 Å². The normalized spacial score (nSPS) is 22.3. The Morgan fingerprint density at radius 1 is 1.16 bits per heavy atom. The number of piperidine rings is 1. The van der Waals surface area contributed by atoms with Gasteiger partial charge in [0, 0.05) is 32.7 Å². The number of nitrogens with two attached hydrogens (primary N) is 1. The van der Waals surface area contributed by atoms with Crippen LogP contribution in [0.2, 0.25) is 0 Å². The number of likely N-dealkylation sites (tertiary alicyclic amines) is 1. The van der Waals surface area contributed by atoms with E-state index in [4.69, 9.17) is 5.73 Å². The fourth-order valence-electron chi connectivity index (χ4n) is 3.81. The lowest BCUT2D eigenvalue weighted by molar-refractivity contribution is -0.141. The van der Waals surface area contributed by atoms with E-state index in [1.165, 1.54) is 0 Å². The third kappa shape index (κ3) is 4.84. The molecule has 0 aromatic rings. The van der Waals surface area contributed by atoms with Crippen LogP contribution in [0.1, 0.15) is 45.4 Å². The van der Waals surface area contributed by atoms with E-state index in [9.17, 15) is 14.4 Å². The molecule has 0 aromatic carbocycles. The van der Waals surface area contributed by atoms with Crippen LogP contribution in [0.4, 0.5) is 4.79 Å². The predicted octanol–water partition coefficient (Wildman–Crippen LogP) is -0.0682. The third-order valence-electron chi connectivity index (χ3n) is 5.08. The van der Waals surface area contributed by atoms with E-state index >= 15 is 0 Å². The summed E-state index contributed by atoms with van der Waals surface area (Å²) in [6.45, 7) is 4.26. The molecule has 1 aliphatic heterocycles. The van der Waals surface area contributed by atoms with Gasteiger partial charge < -0.3 is 26.6 Å². The molecule has 2 rings (SSSR count). The Morgan fingerprint density at radius 3 is 2.52 bits per heavy atom. The first-order chi connectivity index (χ1) is 12.0. The average molecular weight is 353 g/mol. The Balaban J connectivity index is 2.03. The van der Waals surface area contributed by atoms with Crippen molar-refractivity contribution in [3.05, 3.63) is 0 Å². The van der Waals surface area contributed by atoms with Crippen LogP contribution in [-0.2, 0) is 9.59 Å². The standard InChI is InChI=1S/C17H31N5O3/c1-2-19-16(25)21-17(7-3-4-8-17)15(24)22-11-5-6-13(12-22)14(23)20-10-9-18/h13H,2-12,18H2,1H3,(H,20,23)(H2,19,21,25). The fraction of sp³-hybridized carbons (Fsp3) is 0.824. The van der Waals surface area contributed by atoms with Gasteiger partial charge in [-0.25, -0.2) is 4.79 Å². The molecule has 0 aromatic heterocycles. The second-order valence-electron chi connectivity index (χ2n) is 6.94. The van der Waals surface area contributed by atoms with Gasteiger partial charge in [-0.05, 0) is 32.6 Å². The minimum atomic E-state index is -0.825. The zero-order valence-corrected chi connectivity index (χ0v) is 15.1. The van der Waals surface area contributed by atoms with Crippen molar-refractivity contribution in [2.45, 2.75) is 51.0 Å². The number of nitrogens with one attached hydrogen (secondary N) is 3. The van der Waals surface area contributed by atoms with Gasteiger partial charge in [0.05, 0.1) is 5.92 Å². The highest BCUT2D eigenvalue weighted by Gasteiger charge is 2.45. The summed E-state index contributed by atoms with van der Waals surface area (Å²) in [6, 6.07) is -0.299. The van der Waals surface area contributed by atoms with Crippen molar-refractivity contribution in [1.29, 1.82) is 0 Å². The first-order valence-electron chi connectivity index (χ1n) is 9.35. The summed E-state index contributed by atoms with van der Waals surface area (Å²) in [5.74, 6) is -0.292. The van der Waals surface area contributed by atoms with Crippen LogP contribution < -0.4 is 21.7 Å². The van der Waals surface area contributed by atoms with Gasteiger partial charge in [-0.2, -0.15) is 0 Å². The van der Waals surface area contributed by atoms with E-state index in [1.54, 1.807) is 4.90 Å². The van der Waals surface area contributed by atoms with E-state index in [0.717, 1.165) is 25.7 Å². The lowest BCUT2D eigenvalue weighted by Crippen LogP contribution is -2.61. The van der Waals surface area contributed by atoms with Crippen molar-refractivity contribution in [1.82, 2.24) is 20.9 Å². The first kappa shape index (κ1) is 19.5. The maximum absolute atomic E-state index is 13.2. The molecule has 0 radical (unpaired) electrons. The van der Waals surface area contributed by atoms with E-state index in [0.29, 0.717) is 45.6 Å². The number of carbonyl (C=O) groups excluding carboxylic acids is 3. The minimum absolute atomic E-state index is 0.0416. The Hall–Kier alpha value is -1.83. The highest BCUT2D eigenvalue weighted by Crippen LogP contribution is 2.33. The van der Waals surface area contributed by atoms with Gasteiger partial charge in [0.2, 0.25) is 11.8 Å². The van der Waals surface area contributed by atoms with Crippen LogP contribution in [0.3, 0.4) is 0 Å². The zero-order chi connectivity index (χ0) is 18.3. The molecule has 25 heavy (non-hydrogen) atoms. The summed E-state index contributed by atoms with van der Waals surface area (Å²) < 4.78 is 0. The summed E-state index contributed by atoms with van der Waals surface area (Å²) in [7, 11) is 0. The molecular weight excluding hydrogens is 322 g/mol. The van der Waals surface area contributed by atoms with Gasteiger partial charge in [0.1, 0.15) is 5.54 Å². The van der Waals surface area contributed by atoms with E-state index in [2.05, 4.69) is 16.0 Å². The summed E-state index contributed by atoms with van der Waals surface area (Å²) in [5, 5.41) is 8.43. The smallest absolute Gasteiger partial charge is 0.315 e. The molecule has 4 amide bonds. The van der Waals surface area contributed by atoms with Crippen molar-refractivity contribution in [2.75, 3.05) is 32.7 Å². The summed E-state index contributed by atoms with van der Waals surface area (Å²) in [5.41, 5.74) is 4.60. The predicted molar refractivity (Wildman–Crippen MR) is 94.8 cm³/mol. The highest BCUT2D eigenvalue weighted by atomic mass is 16.2. The lowest BCUT2D eigenvalue weighted by atomic mass is 9.91. The quantitative estimate of drug-likeness (QED) is 0.535. The van der Waals surface area contributed by atoms with E-state index < -0.39 is 5.54 Å². The molecule has 1 aliphatic carbocycles. The molecule has 1 heterocycles. The Morgan fingerprint density at radius 2 is 1.88 bits per heavy atom. The number of rotatable bonds is 6. The summed E-state index contributed by atoms with van der Waals surface area (Å²) in [6.07, 6.45) is 4.73. The lowest BCUT2D eigenvalue weighted by Gasteiger charge is -2.39. The van der Waals surface area contributed by atoms with Crippen molar-refractivity contribution in [3.8, 4) is 0 Å². The zero-order valence-electron chi connectivity index (χ0n) is 15.1. The van der Waals surface area contributed by atoms with Gasteiger partial charge in [-0.3, -0.25) is 9.59 Å². The Labute approximate surface area is 149 Å². The molecule has 8 nitrogen and oxygen atoms in total. The van der Waals surface area contributed by atoms with Crippen molar-refractivity contribution < 1.29 is 14.4 Å². The van der Waals surface area contributed by atoms with Gasteiger partial charge in [0.25, 0.3) is 0 Å². The molecule has 1 saturated heterocycles. The van der Waals surface area contributed by atoms with Gasteiger partial charge in [-0.15, -0.1) is 0 Å². The van der Waals surface area contributed by atoms with Gasteiger partial charge in [0.15, 0.2) is 0 Å². The number of urea groups is 1. The maximum Gasteiger partial charge on any atom is 0.315 e. The Kier molecular flexibility index (Phi) is 7.04. The molecular formula is C17H31N5O3. The second kappa shape index (κ2) is 9.03. The van der Waals surface area contributed by atoms with Crippen LogP contribution in [0.25, 0.3) is 0 Å². The topological polar surface area (TPSA) is 117 Å². The molecule has 2 fully saturated rings. The van der Waals surface area contributed by atoms with Crippen molar-refractivity contribution in [2.24, 2.45) is 11.7 Å². The highest BCUT2D eigenvalue weighted by molar-refractivity contribution is 5.92. The first-order valence-corrected chi connectivity index (χ1v) is 9.35. The number of carbonyl (C=O) groups is 3. The largest absolute Gasteiger partial charge is 0.355 e.